The van der Waals surface area contributed by atoms with Gasteiger partial charge in [-0.15, -0.1) is 9.24 Å². The van der Waals surface area contributed by atoms with Crippen LogP contribution in [0.2, 0.25) is 0 Å². The highest BCUT2D eigenvalue weighted by molar-refractivity contribution is 7.66. The van der Waals surface area contributed by atoms with Crippen molar-refractivity contribution in [3.8, 4) is 0 Å². The first kappa shape index (κ1) is 30.3. The Kier molecular flexibility index (Phi) is 13.7. The predicted octanol–water partition coefficient (Wildman–Crippen LogP) is 10.1. The maximum Gasteiger partial charge on any atom is -0.0107 e. The molecule has 0 aliphatic heterocycles. The van der Waals surface area contributed by atoms with E-state index in [1.54, 1.807) is 22.0 Å². The molecule has 0 heterocycles. The minimum absolute atomic E-state index is 0.00637. The molecular formula is C35H52P2. The van der Waals surface area contributed by atoms with Crippen LogP contribution in [0.1, 0.15) is 108 Å². The second-order valence-electron chi connectivity index (χ2n) is 11.0. The summed E-state index contributed by atoms with van der Waals surface area (Å²) in [5.74, 6) is 0. The van der Waals surface area contributed by atoms with E-state index in [0.717, 1.165) is 5.66 Å². The van der Waals surface area contributed by atoms with Crippen molar-refractivity contribution in [1.82, 2.24) is 0 Å². The first-order valence-corrected chi connectivity index (χ1v) is 17.6. The van der Waals surface area contributed by atoms with E-state index in [-0.39, 0.29) is 7.92 Å². The summed E-state index contributed by atoms with van der Waals surface area (Å²) in [6.07, 6.45) is 18.9. The summed E-state index contributed by atoms with van der Waals surface area (Å²) >= 11 is 0. The third-order valence-electron chi connectivity index (χ3n) is 8.19. The Labute approximate surface area is 232 Å². The zero-order valence-electron chi connectivity index (χ0n) is 24.2. The fraction of sp³-hybridized carbons (Fsp3) is 0.543. The van der Waals surface area contributed by atoms with Crippen LogP contribution in [0.3, 0.4) is 0 Å². The van der Waals surface area contributed by atoms with Gasteiger partial charge >= 0.3 is 0 Å². The molecule has 37 heavy (non-hydrogen) atoms. The van der Waals surface area contributed by atoms with E-state index in [1.165, 1.54) is 106 Å². The largest absolute Gasteiger partial charge is 0.105 e. The maximum atomic E-state index is 2.95. The van der Waals surface area contributed by atoms with Crippen LogP contribution in [0.5, 0.6) is 0 Å². The van der Waals surface area contributed by atoms with Crippen LogP contribution in [0.15, 0.2) is 54.6 Å². The summed E-state index contributed by atoms with van der Waals surface area (Å²) < 4.78 is 0. The van der Waals surface area contributed by atoms with E-state index >= 15 is 0 Å². The van der Waals surface area contributed by atoms with Gasteiger partial charge in [-0.05, 0) is 102 Å². The van der Waals surface area contributed by atoms with Crippen LogP contribution in [0, 0.1) is 0 Å². The Bertz CT molecular complexity index is 1060. The SMILES string of the molecule is CCCCc1ccc(P)c(CCCC)c1CCCC.CP(c1cccc2ccccc12)C1CCCCC1. The topological polar surface area (TPSA) is 0 Å². The van der Waals surface area contributed by atoms with Crippen LogP contribution in [0.4, 0.5) is 0 Å². The lowest BCUT2D eigenvalue weighted by Crippen LogP contribution is -2.16. The molecular weight excluding hydrogens is 482 g/mol. The third-order valence-corrected chi connectivity index (χ3v) is 11.5. The molecule has 0 bridgehead atoms. The molecule has 0 amide bonds. The molecule has 2 atom stereocenters. The molecule has 3 aromatic carbocycles. The molecule has 4 rings (SSSR count). The normalized spacial score (nSPS) is 14.8. The number of aryl methyl sites for hydroxylation is 1. The van der Waals surface area contributed by atoms with Gasteiger partial charge in [0.1, 0.15) is 0 Å². The second kappa shape index (κ2) is 16.7. The predicted molar refractivity (Wildman–Crippen MR) is 175 cm³/mol. The van der Waals surface area contributed by atoms with Gasteiger partial charge in [-0.25, -0.2) is 0 Å². The first-order valence-electron chi connectivity index (χ1n) is 15.2. The lowest BCUT2D eigenvalue weighted by atomic mass is 9.91. The Morgan fingerprint density at radius 2 is 1.32 bits per heavy atom. The second-order valence-corrected chi connectivity index (χ2v) is 14.0. The standard InChI is InChI=1S/C18H31P.C17H21P/c1-4-7-10-15-13-14-18(19)17(12-9-6-3)16(15)11-8-5-2;1-18(15-10-3-2-4-11-15)17-13-7-9-14-8-5-6-12-16(14)17/h13-14H,4-12,19H2,1-3H3;5-9,12-13,15H,2-4,10-11H2,1H3. The lowest BCUT2D eigenvalue weighted by Gasteiger charge is -2.29. The van der Waals surface area contributed by atoms with Crippen molar-refractivity contribution in [2.45, 2.75) is 116 Å². The van der Waals surface area contributed by atoms with Crippen LogP contribution >= 0.6 is 17.2 Å². The van der Waals surface area contributed by atoms with E-state index in [9.17, 15) is 0 Å². The summed E-state index contributed by atoms with van der Waals surface area (Å²) in [6, 6.07) is 20.4. The fourth-order valence-corrected chi connectivity index (χ4v) is 8.71. The number of benzene rings is 3. The van der Waals surface area contributed by atoms with Gasteiger partial charge in [0, 0.05) is 0 Å². The van der Waals surface area contributed by atoms with Crippen molar-refractivity contribution in [1.29, 1.82) is 0 Å². The molecule has 202 valence electrons. The molecule has 1 fully saturated rings. The van der Waals surface area contributed by atoms with Crippen LogP contribution in [0.25, 0.3) is 10.8 Å². The van der Waals surface area contributed by atoms with Crippen LogP contribution in [-0.4, -0.2) is 12.3 Å². The van der Waals surface area contributed by atoms with Crippen molar-refractivity contribution in [3.63, 3.8) is 0 Å². The van der Waals surface area contributed by atoms with Gasteiger partial charge in [-0.1, -0.05) is 122 Å². The zero-order valence-corrected chi connectivity index (χ0v) is 26.2. The van der Waals surface area contributed by atoms with Crippen molar-refractivity contribution in [2.24, 2.45) is 0 Å². The summed E-state index contributed by atoms with van der Waals surface area (Å²) in [5, 5.41) is 5.94. The average Bonchev–Trinajstić information content (AvgIpc) is 2.95. The number of hydrogen-bond acceptors (Lipinski definition) is 0. The van der Waals surface area contributed by atoms with Crippen molar-refractivity contribution >= 4 is 38.5 Å². The van der Waals surface area contributed by atoms with E-state index in [1.807, 2.05) is 0 Å². The smallest absolute Gasteiger partial charge is 0.0107 e. The van der Waals surface area contributed by atoms with Crippen LogP contribution < -0.4 is 10.6 Å². The van der Waals surface area contributed by atoms with E-state index in [4.69, 9.17) is 0 Å². The highest BCUT2D eigenvalue weighted by Gasteiger charge is 2.22. The Balaban J connectivity index is 0.000000206. The highest BCUT2D eigenvalue weighted by atomic mass is 31.1. The minimum Gasteiger partial charge on any atom is -0.105 e. The molecule has 0 radical (unpaired) electrons. The molecule has 2 unspecified atom stereocenters. The monoisotopic (exact) mass is 534 g/mol. The van der Waals surface area contributed by atoms with Gasteiger partial charge < -0.3 is 0 Å². The molecule has 3 aromatic rings. The first-order chi connectivity index (χ1) is 18.1. The summed E-state index contributed by atoms with van der Waals surface area (Å²) in [7, 11) is 2.96. The third kappa shape index (κ3) is 8.91. The van der Waals surface area contributed by atoms with Gasteiger partial charge in [0.05, 0.1) is 0 Å². The van der Waals surface area contributed by atoms with Gasteiger partial charge in [0.15, 0.2) is 0 Å². The molecule has 2 heteroatoms. The van der Waals surface area contributed by atoms with Crippen molar-refractivity contribution < 1.29 is 0 Å². The summed E-state index contributed by atoms with van der Waals surface area (Å²) in [4.78, 5) is 0. The number of fused-ring (bicyclic) bond motifs is 1. The summed E-state index contributed by atoms with van der Waals surface area (Å²) in [6.45, 7) is 9.36. The van der Waals surface area contributed by atoms with Gasteiger partial charge in [0.25, 0.3) is 0 Å². The molecule has 1 aliphatic carbocycles. The molecule has 0 N–H and O–H groups in total. The quantitative estimate of drug-likeness (QED) is 0.215. The van der Waals surface area contributed by atoms with Crippen LogP contribution in [-0.2, 0) is 19.3 Å². The van der Waals surface area contributed by atoms with Gasteiger partial charge in [0.2, 0.25) is 0 Å². The molecule has 1 aliphatic rings. The maximum absolute atomic E-state index is 2.95. The molecule has 1 saturated carbocycles. The molecule has 0 aromatic heterocycles. The Morgan fingerprint density at radius 3 is 2.03 bits per heavy atom. The van der Waals surface area contributed by atoms with Gasteiger partial charge in [-0.2, -0.15) is 0 Å². The fourth-order valence-electron chi connectivity index (χ4n) is 5.86. The van der Waals surface area contributed by atoms with Crippen molar-refractivity contribution in [2.75, 3.05) is 6.66 Å². The van der Waals surface area contributed by atoms with E-state index in [0.29, 0.717) is 0 Å². The Morgan fingerprint density at radius 1 is 0.703 bits per heavy atom. The summed E-state index contributed by atoms with van der Waals surface area (Å²) in [5.41, 5.74) is 5.89. The number of unbranched alkanes of at least 4 members (excludes halogenated alkanes) is 3. The molecule has 0 spiro atoms. The number of rotatable bonds is 11. The zero-order chi connectivity index (χ0) is 26.5. The average molecular weight is 535 g/mol. The minimum atomic E-state index is 0.00637. The molecule has 0 nitrogen and oxygen atoms in total. The van der Waals surface area contributed by atoms with E-state index < -0.39 is 0 Å². The number of hydrogen-bond donors (Lipinski definition) is 0. The van der Waals surface area contributed by atoms with Crippen molar-refractivity contribution in [3.05, 3.63) is 71.3 Å². The van der Waals surface area contributed by atoms with E-state index in [2.05, 4.69) is 91.3 Å². The highest BCUT2D eigenvalue weighted by Crippen LogP contribution is 2.45. The molecule has 0 saturated heterocycles. The lowest BCUT2D eigenvalue weighted by molar-refractivity contribution is 0.512. The Hall–Kier alpha value is -1.22. The van der Waals surface area contributed by atoms with Gasteiger partial charge in [-0.3, -0.25) is 0 Å².